The lowest BCUT2D eigenvalue weighted by atomic mass is 10.2. The number of aromatic carboxylic acids is 1. The Bertz CT molecular complexity index is 591. The molecule has 0 aliphatic rings. The molecule has 0 amide bonds. The molecule has 4 nitrogen and oxygen atoms in total. The molecule has 104 valence electrons. The molecule has 0 saturated heterocycles. The van der Waals surface area contributed by atoms with Gasteiger partial charge < -0.3 is 14.6 Å². The van der Waals surface area contributed by atoms with E-state index in [-0.39, 0.29) is 17.4 Å². The van der Waals surface area contributed by atoms with Crippen LogP contribution in [0.15, 0.2) is 48.5 Å². The maximum atomic E-state index is 11.3. The predicted molar refractivity (Wildman–Crippen MR) is 75.7 cm³/mol. The third-order valence-electron chi connectivity index (χ3n) is 2.54. The van der Waals surface area contributed by atoms with E-state index in [1.807, 2.05) is 32.0 Å². The zero-order chi connectivity index (χ0) is 14.5. The van der Waals surface area contributed by atoms with Gasteiger partial charge in [0, 0.05) is 0 Å². The van der Waals surface area contributed by atoms with Gasteiger partial charge in [0.1, 0.15) is 11.3 Å². The van der Waals surface area contributed by atoms with Gasteiger partial charge in [-0.2, -0.15) is 0 Å². The first kappa shape index (κ1) is 13.9. The first-order chi connectivity index (χ1) is 9.58. The van der Waals surface area contributed by atoms with Crippen molar-refractivity contribution in [2.24, 2.45) is 0 Å². The fourth-order valence-electron chi connectivity index (χ4n) is 1.74. The Hall–Kier alpha value is -2.49. The molecular formula is C16H16O4. The number of carboxylic acid groups (broad SMARTS) is 1. The Kier molecular flexibility index (Phi) is 4.25. The van der Waals surface area contributed by atoms with Crippen LogP contribution in [0, 0.1) is 0 Å². The van der Waals surface area contributed by atoms with Crippen LogP contribution in [-0.2, 0) is 0 Å². The Labute approximate surface area is 117 Å². The zero-order valence-electron chi connectivity index (χ0n) is 11.4. The van der Waals surface area contributed by atoms with E-state index in [1.165, 1.54) is 6.07 Å². The molecule has 0 bridgehead atoms. The Morgan fingerprint density at radius 1 is 1.05 bits per heavy atom. The summed E-state index contributed by atoms with van der Waals surface area (Å²) in [4.78, 5) is 11.3. The molecule has 2 aromatic carbocycles. The predicted octanol–water partition coefficient (Wildman–Crippen LogP) is 3.96. The average molecular weight is 272 g/mol. The Balaban J connectivity index is 2.43. The van der Waals surface area contributed by atoms with Gasteiger partial charge in [-0.15, -0.1) is 0 Å². The monoisotopic (exact) mass is 272 g/mol. The van der Waals surface area contributed by atoms with Crippen molar-refractivity contribution in [3.8, 4) is 17.2 Å². The fraction of sp³-hybridized carbons (Fsp3) is 0.188. The summed E-state index contributed by atoms with van der Waals surface area (Å²) in [5.41, 5.74) is 0.0759. The lowest BCUT2D eigenvalue weighted by molar-refractivity contribution is 0.0693. The summed E-state index contributed by atoms with van der Waals surface area (Å²) in [7, 11) is 0. The summed E-state index contributed by atoms with van der Waals surface area (Å²) in [6.07, 6.45) is -0.0721. The summed E-state index contributed by atoms with van der Waals surface area (Å²) in [5, 5.41) is 9.27. The molecule has 1 N–H and O–H groups in total. The molecule has 20 heavy (non-hydrogen) atoms. The van der Waals surface area contributed by atoms with Crippen LogP contribution in [0.2, 0.25) is 0 Å². The number of ether oxygens (including phenoxy) is 2. The minimum Gasteiger partial charge on any atom is -0.487 e. The van der Waals surface area contributed by atoms with Crippen LogP contribution in [0.3, 0.4) is 0 Å². The van der Waals surface area contributed by atoms with Gasteiger partial charge in [0.15, 0.2) is 11.5 Å². The summed E-state index contributed by atoms with van der Waals surface area (Å²) >= 11 is 0. The summed E-state index contributed by atoms with van der Waals surface area (Å²) < 4.78 is 11.3. The van der Waals surface area contributed by atoms with Crippen molar-refractivity contribution < 1.29 is 19.4 Å². The SMILES string of the molecule is CC(C)Oc1cccc(C(=O)O)c1Oc1ccccc1. The molecule has 0 aromatic heterocycles. The average Bonchev–Trinajstić information content (AvgIpc) is 2.41. The molecule has 0 saturated carbocycles. The maximum Gasteiger partial charge on any atom is 0.339 e. The lowest BCUT2D eigenvalue weighted by Crippen LogP contribution is -2.09. The van der Waals surface area contributed by atoms with Gasteiger partial charge in [-0.1, -0.05) is 24.3 Å². The van der Waals surface area contributed by atoms with E-state index in [9.17, 15) is 9.90 Å². The van der Waals surface area contributed by atoms with Gasteiger partial charge in [-0.3, -0.25) is 0 Å². The van der Waals surface area contributed by atoms with Crippen molar-refractivity contribution in [3.05, 3.63) is 54.1 Å². The molecule has 0 atom stereocenters. The summed E-state index contributed by atoms with van der Waals surface area (Å²) in [5.74, 6) is 0.156. The maximum absolute atomic E-state index is 11.3. The number of rotatable bonds is 5. The third kappa shape index (κ3) is 3.29. The first-order valence-electron chi connectivity index (χ1n) is 6.34. The van der Waals surface area contributed by atoms with Crippen molar-refractivity contribution in [3.63, 3.8) is 0 Å². The highest BCUT2D eigenvalue weighted by molar-refractivity contribution is 5.92. The third-order valence-corrected chi connectivity index (χ3v) is 2.54. The zero-order valence-corrected chi connectivity index (χ0v) is 11.4. The van der Waals surface area contributed by atoms with Crippen LogP contribution >= 0.6 is 0 Å². The van der Waals surface area contributed by atoms with E-state index < -0.39 is 5.97 Å². The van der Waals surface area contributed by atoms with Crippen LogP contribution in [0.4, 0.5) is 0 Å². The smallest absolute Gasteiger partial charge is 0.339 e. The van der Waals surface area contributed by atoms with E-state index >= 15 is 0 Å². The molecule has 0 radical (unpaired) electrons. The number of hydrogen-bond donors (Lipinski definition) is 1. The minimum absolute atomic E-state index is 0.0721. The molecule has 2 aromatic rings. The van der Waals surface area contributed by atoms with E-state index in [4.69, 9.17) is 9.47 Å². The molecular weight excluding hydrogens is 256 g/mol. The highest BCUT2D eigenvalue weighted by Crippen LogP contribution is 2.35. The number of benzene rings is 2. The van der Waals surface area contributed by atoms with Crippen LogP contribution in [0.1, 0.15) is 24.2 Å². The van der Waals surface area contributed by atoms with Crippen molar-refractivity contribution in [2.75, 3.05) is 0 Å². The van der Waals surface area contributed by atoms with Gasteiger partial charge in [0.2, 0.25) is 0 Å². The van der Waals surface area contributed by atoms with Crippen molar-refractivity contribution in [1.29, 1.82) is 0 Å². The molecule has 4 heteroatoms. The Morgan fingerprint density at radius 3 is 2.35 bits per heavy atom. The quantitative estimate of drug-likeness (QED) is 0.895. The molecule has 0 aliphatic carbocycles. The molecule has 0 aliphatic heterocycles. The van der Waals surface area contributed by atoms with Crippen LogP contribution in [0.25, 0.3) is 0 Å². The highest BCUT2D eigenvalue weighted by Gasteiger charge is 2.18. The fourth-order valence-corrected chi connectivity index (χ4v) is 1.74. The van der Waals surface area contributed by atoms with Gasteiger partial charge in [0.25, 0.3) is 0 Å². The summed E-state index contributed by atoms with van der Waals surface area (Å²) in [6.45, 7) is 3.75. The minimum atomic E-state index is -1.05. The number of hydrogen-bond acceptors (Lipinski definition) is 3. The van der Waals surface area contributed by atoms with Gasteiger partial charge >= 0.3 is 5.97 Å². The number of carboxylic acids is 1. The molecule has 0 heterocycles. The van der Waals surface area contributed by atoms with Crippen LogP contribution in [0.5, 0.6) is 17.2 Å². The van der Waals surface area contributed by atoms with Gasteiger partial charge in [0.05, 0.1) is 6.10 Å². The Morgan fingerprint density at radius 2 is 1.75 bits per heavy atom. The van der Waals surface area contributed by atoms with Crippen LogP contribution in [-0.4, -0.2) is 17.2 Å². The molecule has 0 unspecified atom stereocenters. The largest absolute Gasteiger partial charge is 0.487 e. The van der Waals surface area contributed by atoms with Crippen molar-refractivity contribution in [1.82, 2.24) is 0 Å². The first-order valence-corrected chi connectivity index (χ1v) is 6.34. The number of carbonyl (C=O) groups is 1. The van der Waals surface area contributed by atoms with Gasteiger partial charge in [-0.05, 0) is 38.1 Å². The van der Waals surface area contributed by atoms with E-state index in [0.29, 0.717) is 11.5 Å². The van der Waals surface area contributed by atoms with E-state index in [2.05, 4.69) is 0 Å². The van der Waals surface area contributed by atoms with E-state index in [1.54, 1.807) is 24.3 Å². The second-order valence-electron chi connectivity index (χ2n) is 4.52. The second kappa shape index (κ2) is 6.10. The second-order valence-corrected chi connectivity index (χ2v) is 4.52. The summed E-state index contributed by atoms with van der Waals surface area (Å²) in [6, 6.07) is 13.9. The van der Waals surface area contributed by atoms with E-state index in [0.717, 1.165) is 0 Å². The standard InChI is InChI=1S/C16H16O4/c1-11(2)19-14-10-6-9-13(16(17)18)15(14)20-12-7-4-3-5-8-12/h3-11H,1-2H3,(H,17,18). The lowest BCUT2D eigenvalue weighted by Gasteiger charge is -2.16. The number of para-hydroxylation sites is 2. The topological polar surface area (TPSA) is 55.8 Å². The molecule has 2 rings (SSSR count). The van der Waals surface area contributed by atoms with Crippen LogP contribution < -0.4 is 9.47 Å². The van der Waals surface area contributed by atoms with Crippen molar-refractivity contribution >= 4 is 5.97 Å². The molecule has 0 spiro atoms. The normalized spacial score (nSPS) is 10.3. The highest BCUT2D eigenvalue weighted by atomic mass is 16.5. The van der Waals surface area contributed by atoms with Gasteiger partial charge in [-0.25, -0.2) is 4.79 Å². The molecule has 0 fully saturated rings. The van der Waals surface area contributed by atoms with Crippen molar-refractivity contribution in [2.45, 2.75) is 20.0 Å².